The van der Waals surface area contributed by atoms with Crippen LogP contribution in [-0.4, -0.2) is 31.2 Å². The number of hydrogen-bond acceptors (Lipinski definition) is 6. The minimum Gasteiger partial charge on any atom is -0.324 e. The van der Waals surface area contributed by atoms with Crippen LogP contribution in [0.2, 0.25) is 0 Å². The van der Waals surface area contributed by atoms with Gasteiger partial charge in [0, 0.05) is 27.8 Å². The Hall–Kier alpha value is -3.07. The Kier molecular flexibility index (Phi) is 6.69. The monoisotopic (exact) mass is 549 g/mol. The second-order valence-electron chi connectivity index (χ2n) is 8.56. The van der Waals surface area contributed by atoms with Crippen molar-refractivity contribution in [1.29, 1.82) is 0 Å². The predicted octanol–water partition coefficient (Wildman–Crippen LogP) is 5.86. The van der Waals surface area contributed by atoms with Crippen LogP contribution in [0.15, 0.2) is 83.5 Å². The number of halogens is 1. The van der Waals surface area contributed by atoms with Gasteiger partial charge in [0.25, 0.3) is 10.1 Å². The highest BCUT2D eigenvalue weighted by atomic mass is 79.9. The van der Waals surface area contributed by atoms with E-state index in [4.69, 9.17) is 9.17 Å². The second-order valence-corrected chi connectivity index (χ2v) is 11.1. The zero-order valence-electron chi connectivity index (χ0n) is 19.1. The Labute approximate surface area is 213 Å². The first-order chi connectivity index (χ1) is 16.9. The van der Waals surface area contributed by atoms with Crippen LogP contribution < -0.4 is 5.32 Å². The third-order valence-electron chi connectivity index (χ3n) is 6.05. The molecule has 0 saturated heterocycles. The Morgan fingerprint density at radius 1 is 1.03 bits per heavy atom. The molecule has 0 fully saturated rings. The van der Waals surface area contributed by atoms with E-state index < -0.39 is 10.1 Å². The third-order valence-corrected chi connectivity index (χ3v) is 7.17. The summed E-state index contributed by atoms with van der Waals surface area (Å²) < 4.78 is 28.1. The van der Waals surface area contributed by atoms with Crippen molar-refractivity contribution in [2.75, 3.05) is 18.2 Å². The van der Waals surface area contributed by atoms with Gasteiger partial charge in [-0.15, -0.1) is 0 Å². The van der Waals surface area contributed by atoms with Gasteiger partial charge in [-0.05, 0) is 59.4 Å². The molecule has 0 amide bonds. The van der Waals surface area contributed by atoms with Gasteiger partial charge in [0.1, 0.15) is 0 Å². The van der Waals surface area contributed by atoms with Gasteiger partial charge in [0.15, 0.2) is 0 Å². The minimum atomic E-state index is -3.42. The van der Waals surface area contributed by atoms with Gasteiger partial charge in [0.2, 0.25) is 5.95 Å². The Morgan fingerprint density at radius 3 is 2.51 bits per heavy atom. The van der Waals surface area contributed by atoms with Gasteiger partial charge in [-0.3, -0.25) is 4.18 Å². The molecule has 4 aromatic rings. The lowest BCUT2D eigenvalue weighted by Gasteiger charge is -2.27. The SMILES string of the molecule is CS(=O)(=O)OCCc1ccc(Nc2ncc3c(n2)-c2ccccc2[C@@H](c2ccc(Br)cc2)C3)cc1. The molecule has 8 heteroatoms. The molecule has 3 aromatic carbocycles. The van der Waals surface area contributed by atoms with Crippen LogP contribution in [-0.2, 0) is 27.1 Å². The van der Waals surface area contributed by atoms with Gasteiger partial charge >= 0.3 is 0 Å². The number of hydrogen-bond donors (Lipinski definition) is 1. The van der Waals surface area contributed by atoms with Crippen LogP contribution in [0.4, 0.5) is 11.6 Å². The number of fused-ring (bicyclic) bond motifs is 3. The lowest BCUT2D eigenvalue weighted by atomic mass is 9.78. The van der Waals surface area contributed by atoms with Gasteiger partial charge in [0.05, 0.1) is 18.6 Å². The van der Waals surface area contributed by atoms with Crippen molar-refractivity contribution in [2.45, 2.75) is 18.8 Å². The molecular formula is C27H24BrN3O3S. The fourth-order valence-electron chi connectivity index (χ4n) is 4.38. The van der Waals surface area contributed by atoms with E-state index >= 15 is 0 Å². The van der Waals surface area contributed by atoms with Crippen LogP contribution in [0.5, 0.6) is 0 Å². The fourth-order valence-corrected chi connectivity index (χ4v) is 5.03. The molecule has 1 aromatic heterocycles. The molecule has 6 nitrogen and oxygen atoms in total. The highest BCUT2D eigenvalue weighted by Crippen LogP contribution is 2.42. The first kappa shape index (κ1) is 23.7. The van der Waals surface area contributed by atoms with Crippen molar-refractivity contribution in [2.24, 2.45) is 0 Å². The molecule has 0 aliphatic heterocycles. The van der Waals surface area contributed by atoms with Gasteiger partial charge in [-0.1, -0.05) is 64.5 Å². The molecule has 178 valence electrons. The van der Waals surface area contributed by atoms with Crippen molar-refractivity contribution < 1.29 is 12.6 Å². The lowest BCUT2D eigenvalue weighted by Crippen LogP contribution is -2.15. The highest BCUT2D eigenvalue weighted by Gasteiger charge is 2.27. The maximum Gasteiger partial charge on any atom is 0.264 e. The molecule has 5 rings (SSSR count). The standard InChI is InChI=1S/C27H24BrN3O3S/c1-35(32,33)34-15-14-18-6-12-22(13-7-18)30-27-29-17-20-16-25(19-8-10-21(28)11-9-19)23-4-2-3-5-24(23)26(20)31-27/h2-13,17,25H,14-16H2,1H3,(H,29,30,31)/t25-/m1/s1. The smallest absolute Gasteiger partial charge is 0.264 e. The quantitative estimate of drug-likeness (QED) is 0.291. The van der Waals surface area contributed by atoms with Gasteiger partial charge in [-0.25, -0.2) is 9.97 Å². The van der Waals surface area contributed by atoms with Crippen LogP contribution in [0, 0.1) is 0 Å². The van der Waals surface area contributed by atoms with Crippen molar-refractivity contribution in [3.8, 4) is 11.3 Å². The van der Waals surface area contributed by atoms with E-state index in [0.29, 0.717) is 12.4 Å². The molecule has 35 heavy (non-hydrogen) atoms. The van der Waals surface area contributed by atoms with Crippen LogP contribution in [0.25, 0.3) is 11.3 Å². The summed E-state index contributed by atoms with van der Waals surface area (Å²) >= 11 is 3.53. The summed E-state index contributed by atoms with van der Waals surface area (Å²) in [4.78, 5) is 9.46. The topological polar surface area (TPSA) is 81.2 Å². The average Bonchev–Trinajstić information content (AvgIpc) is 2.85. The van der Waals surface area contributed by atoms with Gasteiger partial charge in [-0.2, -0.15) is 8.42 Å². The average molecular weight is 550 g/mol. The molecular weight excluding hydrogens is 526 g/mol. The molecule has 1 N–H and O–H groups in total. The molecule has 0 spiro atoms. The van der Waals surface area contributed by atoms with Gasteiger partial charge < -0.3 is 5.32 Å². The van der Waals surface area contributed by atoms with Crippen LogP contribution >= 0.6 is 15.9 Å². The Balaban J connectivity index is 1.36. The van der Waals surface area contributed by atoms with E-state index in [0.717, 1.165) is 45.2 Å². The zero-order chi connectivity index (χ0) is 24.4. The third kappa shape index (κ3) is 5.61. The van der Waals surface area contributed by atoms with Crippen molar-refractivity contribution >= 4 is 37.7 Å². The maximum atomic E-state index is 11.1. The maximum absolute atomic E-state index is 11.1. The molecule has 0 radical (unpaired) electrons. The van der Waals surface area contributed by atoms with E-state index in [2.05, 4.69) is 68.7 Å². The largest absolute Gasteiger partial charge is 0.324 e. The van der Waals surface area contributed by atoms with E-state index in [1.54, 1.807) is 0 Å². The van der Waals surface area contributed by atoms with E-state index in [9.17, 15) is 8.42 Å². The molecule has 1 aliphatic rings. The molecule has 0 saturated carbocycles. The van der Waals surface area contributed by atoms with Crippen LogP contribution in [0.1, 0.15) is 28.2 Å². The van der Waals surface area contributed by atoms with Crippen molar-refractivity contribution in [3.05, 3.63) is 106 Å². The van der Waals surface area contributed by atoms with E-state index in [1.807, 2.05) is 36.5 Å². The Morgan fingerprint density at radius 2 is 1.77 bits per heavy atom. The number of anilines is 2. The number of nitrogens with one attached hydrogen (secondary N) is 1. The summed E-state index contributed by atoms with van der Waals surface area (Å²) in [6.07, 6.45) is 4.33. The van der Waals surface area contributed by atoms with Crippen molar-refractivity contribution in [3.63, 3.8) is 0 Å². The number of benzene rings is 3. The summed E-state index contributed by atoms with van der Waals surface area (Å²) in [6.45, 7) is 0.125. The zero-order valence-corrected chi connectivity index (χ0v) is 21.5. The fraction of sp³-hybridized carbons (Fsp3) is 0.185. The molecule has 1 aliphatic carbocycles. The number of nitrogens with zero attached hydrogens (tertiary/aromatic N) is 2. The molecule has 1 heterocycles. The summed E-state index contributed by atoms with van der Waals surface area (Å²) in [5.74, 6) is 0.794. The normalized spacial score (nSPS) is 14.7. The molecule has 0 unspecified atom stereocenters. The highest BCUT2D eigenvalue weighted by molar-refractivity contribution is 9.10. The van der Waals surface area contributed by atoms with Crippen molar-refractivity contribution in [1.82, 2.24) is 9.97 Å². The number of rotatable bonds is 7. The summed E-state index contributed by atoms with van der Waals surface area (Å²) in [5.41, 5.74) is 7.61. The summed E-state index contributed by atoms with van der Waals surface area (Å²) in [7, 11) is -3.42. The lowest BCUT2D eigenvalue weighted by molar-refractivity contribution is 0.326. The summed E-state index contributed by atoms with van der Waals surface area (Å²) in [5, 5.41) is 3.29. The summed E-state index contributed by atoms with van der Waals surface area (Å²) in [6, 6.07) is 24.7. The Bertz CT molecular complexity index is 1460. The van der Waals surface area contributed by atoms with E-state index in [1.165, 1.54) is 11.1 Å². The molecule has 0 bridgehead atoms. The number of aromatic nitrogens is 2. The molecule has 1 atom stereocenters. The minimum absolute atomic E-state index is 0.125. The van der Waals surface area contributed by atoms with Crippen LogP contribution in [0.3, 0.4) is 0 Å². The van der Waals surface area contributed by atoms with E-state index in [-0.39, 0.29) is 12.5 Å². The predicted molar refractivity (Wildman–Crippen MR) is 141 cm³/mol. The first-order valence-electron chi connectivity index (χ1n) is 11.3. The first-order valence-corrected chi connectivity index (χ1v) is 13.9. The second kappa shape index (κ2) is 9.89.